The highest BCUT2D eigenvalue weighted by Crippen LogP contribution is 2.28. The number of carboxylic acid groups (broad SMARTS) is 1. The predicted molar refractivity (Wildman–Crippen MR) is 127 cm³/mol. The summed E-state index contributed by atoms with van der Waals surface area (Å²) in [5, 5.41) is 18.7. The summed E-state index contributed by atoms with van der Waals surface area (Å²) >= 11 is 0. The molecule has 0 aliphatic carbocycles. The van der Waals surface area contributed by atoms with Gasteiger partial charge in [0.25, 0.3) is 5.91 Å². The number of rotatable bonds is 10. The largest absolute Gasteiger partial charge is 0.482 e. The van der Waals surface area contributed by atoms with Crippen LogP contribution in [0.25, 0.3) is 0 Å². The van der Waals surface area contributed by atoms with Gasteiger partial charge in [-0.3, -0.25) is 4.79 Å². The molecule has 4 rings (SSSR count). The van der Waals surface area contributed by atoms with Crippen molar-refractivity contribution in [2.24, 2.45) is 0 Å². The van der Waals surface area contributed by atoms with E-state index in [0.717, 1.165) is 41.0 Å². The second-order valence-electron chi connectivity index (χ2n) is 8.15. The van der Waals surface area contributed by atoms with Gasteiger partial charge in [-0.1, -0.05) is 18.2 Å². The van der Waals surface area contributed by atoms with E-state index in [-0.39, 0.29) is 12.5 Å². The molecule has 0 unspecified atom stereocenters. The number of carboxylic acids is 1. The van der Waals surface area contributed by atoms with Gasteiger partial charge in [-0.2, -0.15) is 0 Å². The molecule has 1 aromatic heterocycles. The average molecular weight is 462 g/mol. The van der Waals surface area contributed by atoms with Gasteiger partial charge < -0.3 is 25.8 Å². The molecule has 0 saturated carbocycles. The van der Waals surface area contributed by atoms with Gasteiger partial charge >= 0.3 is 5.97 Å². The summed E-state index contributed by atoms with van der Waals surface area (Å²) in [7, 11) is 0. The van der Waals surface area contributed by atoms with E-state index >= 15 is 0 Å². The molecule has 4 N–H and O–H groups in total. The number of carbonyl (C=O) groups is 2. The van der Waals surface area contributed by atoms with Crippen LogP contribution in [0.5, 0.6) is 5.75 Å². The van der Waals surface area contributed by atoms with E-state index in [4.69, 9.17) is 9.84 Å². The molecule has 2 aromatic carbocycles. The molecule has 0 spiro atoms. The first kappa shape index (κ1) is 23.3. The number of ether oxygens (including phenoxy) is 1. The lowest BCUT2D eigenvalue weighted by Crippen LogP contribution is -2.25. The molecule has 0 bridgehead atoms. The summed E-state index contributed by atoms with van der Waals surface area (Å²) in [5.74, 6) is -0.367. The second kappa shape index (κ2) is 10.9. The molecule has 0 saturated heterocycles. The third-order valence-corrected chi connectivity index (χ3v) is 5.50. The fourth-order valence-electron chi connectivity index (χ4n) is 3.78. The van der Waals surface area contributed by atoms with Gasteiger partial charge in [0, 0.05) is 38.3 Å². The van der Waals surface area contributed by atoms with Crippen LogP contribution in [-0.4, -0.2) is 40.1 Å². The van der Waals surface area contributed by atoms with E-state index in [1.165, 1.54) is 0 Å². The monoisotopic (exact) mass is 461 g/mol. The Kier molecular flexibility index (Phi) is 7.46. The number of anilines is 1. The Labute approximate surface area is 197 Å². The van der Waals surface area contributed by atoms with Crippen molar-refractivity contribution >= 4 is 17.6 Å². The molecular formula is C25H27N5O4. The van der Waals surface area contributed by atoms with Crippen molar-refractivity contribution in [2.45, 2.75) is 33.0 Å². The lowest BCUT2D eigenvalue weighted by atomic mass is 10.1. The summed E-state index contributed by atoms with van der Waals surface area (Å²) < 4.78 is 5.39. The minimum atomic E-state index is -0.906. The van der Waals surface area contributed by atoms with Crippen LogP contribution in [0.2, 0.25) is 0 Å². The van der Waals surface area contributed by atoms with Crippen LogP contribution >= 0.6 is 0 Å². The maximum atomic E-state index is 11.5. The van der Waals surface area contributed by atoms with Crippen molar-refractivity contribution < 1.29 is 19.4 Å². The van der Waals surface area contributed by atoms with Crippen LogP contribution in [-0.2, 0) is 30.8 Å². The maximum Gasteiger partial charge on any atom is 0.335 e. The first-order chi connectivity index (χ1) is 16.5. The van der Waals surface area contributed by atoms with Gasteiger partial charge in [0.2, 0.25) is 0 Å². The fourth-order valence-corrected chi connectivity index (χ4v) is 3.78. The standard InChI is InChI=1S/C25H27N5O4/c1-16-8-17(2-4-21(16)25(32)33)11-26-7-6-19-10-20(29-15-28-19)13-27-12-18-3-5-23-22(9-18)30-24(31)14-34-23/h2-5,8-10,15,26-27H,6-7,11-14H2,1H3,(H,30,31)(H,32,33). The highest BCUT2D eigenvalue weighted by molar-refractivity contribution is 5.95. The molecule has 0 fully saturated rings. The van der Waals surface area contributed by atoms with Crippen LogP contribution in [0.15, 0.2) is 48.8 Å². The maximum absolute atomic E-state index is 11.5. The average Bonchev–Trinajstić information content (AvgIpc) is 2.82. The van der Waals surface area contributed by atoms with Crippen molar-refractivity contribution in [1.29, 1.82) is 0 Å². The molecule has 0 radical (unpaired) electrons. The Bertz CT molecular complexity index is 1200. The third-order valence-electron chi connectivity index (χ3n) is 5.50. The van der Waals surface area contributed by atoms with Crippen LogP contribution < -0.4 is 20.7 Å². The zero-order chi connectivity index (χ0) is 23.9. The van der Waals surface area contributed by atoms with Crippen molar-refractivity contribution in [1.82, 2.24) is 20.6 Å². The lowest BCUT2D eigenvalue weighted by molar-refractivity contribution is -0.118. The Morgan fingerprint density at radius 3 is 2.62 bits per heavy atom. The molecule has 1 aliphatic rings. The number of benzene rings is 2. The fraction of sp³-hybridized carbons (Fsp3) is 0.280. The highest BCUT2D eigenvalue weighted by Gasteiger charge is 2.15. The molecule has 9 heteroatoms. The number of nitrogens with one attached hydrogen (secondary N) is 3. The van der Waals surface area contributed by atoms with Gasteiger partial charge in [0.15, 0.2) is 6.61 Å². The van der Waals surface area contributed by atoms with Gasteiger partial charge in [-0.25, -0.2) is 14.8 Å². The third kappa shape index (κ3) is 6.15. The van der Waals surface area contributed by atoms with Crippen LogP contribution in [0.3, 0.4) is 0 Å². The summed E-state index contributed by atoms with van der Waals surface area (Å²) in [6.45, 7) is 4.48. The van der Waals surface area contributed by atoms with Gasteiger partial charge in [-0.15, -0.1) is 0 Å². The molecule has 176 valence electrons. The number of carbonyl (C=O) groups excluding carboxylic acids is 1. The molecule has 34 heavy (non-hydrogen) atoms. The number of amides is 1. The van der Waals surface area contributed by atoms with Crippen molar-refractivity contribution in [3.8, 4) is 5.75 Å². The highest BCUT2D eigenvalue weighted by atomic mass is 16.5. The number of aromatic nitrogens is 2. The summed E-state index contributed by atoms with van der Waals surface area (Å²) in [4.78, 5) is 31.3. The Balaban J connectivity index is 1.22. The minimum absolute atomic E-state index is 0.0513. The molecule has 0 atom stereocenters. The van der Waals surface area contributed by atoms with E-state index in [1.54, 1.807) is 19.3 Å². The first-order valence-corrected chi connectivity index (χ1v) is 11.1. The first-order valence-electron chi connectivity index (χ1n) is 11.1. The van der Waals surface area contributed by atoms with Crippen LogP contribution in [0.4, 0.5) is 5.69 Å². The number of fused-ring (bicyclic) bond motifs is 1. The zero-order valence-electron chi connectivity index (χ0n) is 18.9. The Morgan fingerprint density at radius 2 is 1.79 bits per heavy atom. The lowest BCUT2D eigenvalue weighted by Gasteiger charge is -2.18. The van der Waals surface area contributed by atoms with E-state index < -0.39 is 5.97 Å². The summed E-state index contributed by atoms with van der Waals surface area (Å²) in [5.41, 5.74) is 5.72. The van der Waals surface area contributed by atoms with Gasteiger partial charge in [0.05, 0.1) is 16.9 Å². The van der Waals surface area contributed by atoms with Crippen molar-refractivity contribution in [2.75, 3.05) is 18.5 Å². The number of hydrogen-bond donors (Lipinski definition) is 4. The second-order valence-corrected chi connectivity index (χ2v) is 8.15. The van der Waals surface area contributed by atoms with E-state index in [1.807, 2.05) is 36.4 Å². The Hall–Kier alpha value is -3.82. The molecular weight excluding hydrogens is 434 g/mol. The predicted octanol–water partition coefficient (Wildman–Crippen LogP) is 2.44. The SMILES string of the molecule is Cc1cc(CNCCc2cc(CNCc3ccc4c(c3)NC(=O)CO4)ncn2)ccc1C(=O)O. The number of aromatic carboxylic acids is 1. The summed E-state index contributed by atoms with van der Waals surface area (Å²) in [6, 6.07) is 13.1. The quantitative estimate of drug-likeness (QED) is 0.339. The minimum Gasteiger partial charge on any atom is -0.482 e. The smallest absolute Gasteiger partial charge is 0.335 e. The number of aryl methyl sites for hydroxylation is 1. The molecule has 3 aromatic rings. The van der Waals surface area contributed by atoms with E-state index in [0.29, 0.717) is 36.6 Å². The molecule has 1 aliphatic heterocycles. The molecule has 2 heterocycles. The molecule has 9 nitrogen and oxygen atoms in total. The van der Waals surface area contributed by atoms with E-state index in [2.05, 4.69) is 25.9 Å². The van der Waals surface area contributed by atoms with Gasteiger partial charge in [-0.05, 0) is 47.9 Å². The number of hydrogen-bond acceptors (Lipinski definition) is 7. The summed E-state index contributed by atoms with van der Waals surface area (Å²) in [6.07, 6.45) is 2.33. The number of nitrogens with zero attached hydrogens (tertiary/aromatic N) is 2. The molecule has 1 amide bonds. The van der Waals surface area contributed by atoms with Crippen molar-refractivity contribution in [3.63, 3.8) is 0 Å². The zero-order valence-corrected chi connectivity index (χ0v) is 18.9. The van der Waals surface area contributed by atoms with Gasteiger partial charge in [0.1, 0.15) is 12.1 Å². The van der Waals surface area contributed by atoms with E-state index in [9.17, 15) is 9.59 Å². The van der Waals surface area contributed by atoms with Crippen LogP contribution in [0, 0.1) is 6.92 Å². The Morgan fingerprint density at radius 1 is 1.03 bits per heavy atom. The normalized spacial score (nSPS) is 12.6. The van der Waals surface area contributed by atoms with Crippen LogP contribution in [0.1, 0.15) is 38.4 Å². The van der Waals surface area contributed by atoms with Crippen molar-refractivity contribution in [3.05, 3.63) is 82.4 Å². The topological polar surface area (TPSA) is 125 Å².